The lowest BCUT2D eigenvalue weighted by molar-refractivity contribution is 0.385. The Morgan fingerprint density at radius 1 is 0.963 bits per heavy atom. The number of oxazole rings is 1. The molecule has 27 heavy (non-hydrogen) atoms. The van der Waals surface area contributed by atoms with Crippen molar-refractivity contribution in [3.05, 3.63) is 58.1 Å². The number of nitrogens with zero attached hydrogens (tertiary/aromatic N) is 2. The van der Waals surface area contributed by atoms with E-state index in [0.717, 1.165) is 16.8 Å². The molecule has 1 fully saturated rings. The van der Waals surface area contributed by atoms with E-state index in [2.05, 4.69) is 9.88 Å². The van der Waals surface area contributed by atoms with E-state index in [1.165, 1.54) is 4.31 Å². The Balaban J connectivity index is 1.51. The molecule has 142 valence electrons. The molecule has 0 amide bonds. The fourth-order valence-electron chi connectivity index (χ4n) is 3.34. The molecule has 0 atom stereocenters. The van der Waals surface area contributed by atoms with E-state index in [1.807, 2.05) is 26.0 Å². The van der Waals surface area contributed by atoms with Crippen molar-refractivity contribution in [2.45, 2.75) is 18.7 Å². The molecule has 7 nitrogen and oxygen atoms in total. The highest BCUT2D eigenvalue weighted by Crippen LogP contribution is 2.24. The maximum absolute atomic E-state index is 12.9. The van der Waals surface area contributed by atoms with Crippen LogP contribution in [0.25, 0.3) is 11.1 Å². The summed E-state index contributed by atoms with van der Waals surface area (Å²) in [4.78, 5) is 16.4. The summed E-state index contributed by atoms with van der Waals surface area (Å²) in [5.74, 6) is -0.480. The highest BCUT2D eigenvalue weighted by molar-refractivity contribution is 7.89. The predicted octanol–water partition coefficient (Wildman–Crippen LogP) is 2.25. The number of hydrogen-bond donors (Lipinski definition) is 1. The summed E-state index contributed by atoms with van der Waals surface area (Å²) in [5, 5.41) is 0. The van der Waals surface area contributed by atoms with Gasteiger partial charge in [-0.05, 0) is 49.2 Å². The molecule has 2 heterocycles. The van der Waals surface area contributed by atoms with Crippen molar-refractivity contribution in [2.24, 2.45) is 0 Å². The Hall–Kier alpha value is -2.58. The number of aryl methyl sites for hydroxylation is 2. The number of piperazine rings is 1. The van der Waals surface area contributed by atoms with Crippen LogP contribution in [0, 0.1) is 13.8 Å². The van der Waals surface area contributed by atoms with Crippen LogP contribution in [-0.2, 0) is 10.0 Å². The molecule has 0 spiro atoms. The summed E-state index contributed by atoms with van der Waals surface area (Å²) >= 11 is 0. The zero-order valence-electron chi connectivity index (χ0n) is 15.2. The Morgan fingerprint density at radius 2 is 1.70 bits per heavy atom. The van der Waals surface area contributed by atoms with E-state index in [1.54, 1.807) is 24.3 Å². The second-order valence-electron chi connectivity index (χ2n) is 6.83. The molecule has 0 aliphatic carbocycles. The molecule has 1 aliphatic heterocycles. The Labute approximate surface area is 157 Å². The lowest BCUT2D eigenvalue weighted by Gasteiger charge is -2.35. The van der Waals surface area contributed by atoms with Crippen LogP contribution in [-0.4, -0.2) is 43.9 Å². The number of benzene rings is 2. The molecular formula is C19H21N3O4S. The van der Waals surface area contributed by atoms with Gasteiger partial charge in [0.2, 0.25) is 10.0 Å². The first kappa shape index (κ1) is 17.8. The normalized spacial score (nSPS) is 16.1. The third kappa shape index (κ3) is 3.26. The zero-order valence-corrected chi connectivity index (χ0v) is 16.0. The molecule has 0 radical (unpaired) electrons. The minimum atomic E-state index is -3.50. The monoisotopic (exact) mass is 387 g/mol. The Kier molecular flexibility index (Phi) is 4.32. The number of aromatic amines is 1. The van der Waals surface area contributed by atoms with Gasteiger partial charge in [-0.15, -0.1) is 0 Å². The van der Waals surface area contributed by atoms with Gasteiger partial charge < -0.3 is 9.32 Å². The minimum absolute atomic E-state index is 0.342. The summed E-state index contributed by atoms with van der Waals surface area (Å²) < 4.78 is 32.5. The third-order valence-corrected chi connectivity index (χ3v) is 7.02. The van der Waals surface area contributed by atoms with E-state index >= 15 is 0 Å². The lowest BCUT2D eigenvalue weighted by atomic mass is 10.1. The Morgan fingerprint density at radius 3 is 2.41 bits per heavy atom. The molecule has 2 aromatic carbocycles. The summed E-state index contributed by atoms with van der Waals surface area (Å²) in [6.07, 6.45) is 0. The zero-order chi connectivity index (χ0) is 19.2. The molecule has 0 unspecified atom stereocenters. The fourth-order valence-corrected chi connectivity index (χ4v) is 4.85. The van der Waals surface area contributed by atoms with E-state index in [-0.39, 0.29) is 0 Å². The highest BCUT2D eigenvalue weighted by atomic mass is 32.2. The molecule has 3 aromatic rings. The van der Waals surface area contributed by atoms with Crippen molar-refractivity contribution in [2.75, 3.05) is 31.1 Å². The van der Waals surface area contributed by atoms with Crippen LogP contribution in [0.1, 0.15) is 11.1 Å². The van der Waals surface area contributed by atoms with Crippen molar-refractivity contribution < 1.29 is 12.8 Å². The first-order valence-electron chi connectivity index (χ1n) is 8.80. The molecule has 4 rings (SSSR count). The van der Waals surface area contributed by atoms with E-state index < -0.39 is 15.8 Å². The molecular weight excluding hydrogens is 366 g/mol. The van der Waals surface area contributed by atoms with Crippen LogP contribution in [0.2, 0.25) is 0 Å². The van der Waals surface area contributed by atoms with Gasteiger partial charge in [0.05, 0.1) is 10.4 Å². The van der Waals surface area contributed by atoms with Crippen LogP contribution in [0.4, 0.5) is 5.69 Å². The van der Waals surface area contributed by atoms with Crippen LogP contribution < -0.4 is 10.7 Å². The molecule has 1 aromatic heterocycles. The van der Waals surface area contributed by atoms with Gasteiger partial charge in [0.15, 0.2) is 5.58 Å². The summed E-state index contributed by atoms with van der Waals surface area (Å²) in [6, 6.07) is 10.8. The molecule has 0 saturated carbocycles. The van der Waals surface area contributed by atoms with E-state index in [0.29, 0.717) is 42.2 Å². The van der Waals surface area contributed by atoms with Crippen LogP contribution in [0.5, 0.6) is 0 Å². The SMILES string of the molecule is Cc1ccc(S(=O)(=O)N2CCN(c3ccc4[nH]c(=O)oc4c3)CC2)cc1C. The number of fused-ring (bicyclic) bond motifs is 1. The standard InChI is InChI=1S/C19H21N3O4S/c1-13-3-5-16(11-14(13)2)27(24,25)22-9-7-21(8-10-22)15-4-6-17-18(12-15)26-19(23)20-17/h3-6,11-12H,7-10H2,1-2H3,(H,20,23). The fraction of sp³-hybridized carbons (Fsp3) is 0.316. The molecule has 0 bridgehead atoms. The van der Waals surface area contributed by atoms with Gasteiger partial charge in [0.25, 0.3) is 0 Å². The first-order chi connectivity index (χ1) is 12.8. The van der Waals surface area contributed by atoms with E-state index in [4.69, 9.17) is 4.42 Å². The average molecular weight is 387 g/mol. The van der Waals surface area contributed by atoms with Crippen molar-refractivity contribution >= 4 is 26.8 Å². The number of aromatic nitrogens is 1. The number of sulfonamides is 1. The number of rotatable bonds is 3. The summed E-state index contributed by atoms with van der Waals surface area (Å²) in [7, 11) is -3.50. The molecule has 1 N–H and O–H groups in total. The van der Waals surface area contributed by atoms with Gasteiger partial charge in [-0.25, -0.2) is 13.2 Å². The summed E-state index contributed by atoms with van der Waals surface area (Å²) in [6.45, 7) is 5.85. The Bertz CT molecular complexity index is 1160. The largest absolute Gasteiger partial charge is 0.417 e. The molecule has 8 heteroatoms. The van der Waals surface area contributed by atoms with Crippen LogP contribution in [0.15, 0.2) is 50.5 Å². The second-order valence-corrected chi connectivity index (χ2v) is 8.77. The summed E-state index contributed by atoms with van der Waals surface area (Å²) in [5.41, 5.74) is 4.11. The average Bonchev–Trinajstić information content (AvgIpc) is 3.03. The lowest BCUT2D eigenvalue weighted by Crippen LogP contribution is -2.48. The maximum Gasteiger partial charge on any atom is 0.417 e. The van der Waals surface area contributed by atoms with Gasteiger partial charge in [0.1, 0.15) is 0 Å². The minimum Gasteiger partial charge on any atom is -0.408 e. The smallest absolute Gasteiger partial charge is 0.408 e. The number of nitrogens with one attached hydrogen (secondary N) is 1. The first-order valence-corrected chi connectivity index (χ1v) is 10.2. The third-order valence-electron chi connectivity index (χ3n) is 5.12. The van der Waals surface area contributed by atoms with Crippen LogP contribution in [0.3, 0.4) is 0 Å². The van der Waals surface area contributed by atoms with Gasteiger partial charge in [0, 0.05) is 37.9 Å². The quantitative estimate of drug-likeness (QED) is 0.745. The van der Waals surface area contributed by atoms with Crippen molar-refractivity contribution in [3.8, 4) is 0 Å². The number of hydrogen-bond acceptors (Lipinski definition) is 5. The van der Waals surface area contributed by atoms with E-state index in [9.17, 15) is 13.2 Å². The number of anilines is 1. The topological polar surface area (TPSA) is 86.6 Å². The number of H-pyrrole nitrogens is 1. The van der Waals surface area contributed by atoms with Crippen molar-refractivity contribution in [1.82, 2.24) is 9.29 Å². The van der Waals surface area contributed by atoms with Gasteiger partial charge in [-0.1, -0.05) is 6.07 Å². The van der Waals surface area contributed by atoms with Gasteiger partial charge >= 0.3 is 5.76 Å². The van der Waals surface area contributed by atoms with Crippen LogP contribution >= 0.6 is 0 Å². The molecule has 1 aliphatic rings. The second kappa shape index (κ2) is 6.54. The maximum atomic E-state index is 12.9. The van der Waals surface area contributed by atoms with Crippen molar-refractivity contribution in [1.29, 1.82) is 0 Å². The van der Waals surface area contributed by atoms with Gasteiger partial charge in [-0.3, -0.25) is 4.98 Å². The predicted molar refractivity (Wildman–Crippen MR) is 104 cm³/mol. The highest BCUT2D eigenvalue weighted by Gasteiger charge is 2.29. The van der Waals surface area contributed by atoms with Crippen molar-refractivity contribution in [3.63, 3.8) is 0 Å². The van der Waals surface area contributed by atoms with Gasteiger partial charge in [-0.2, -0.15) is 4.31 Å². The molecule has 1 saturated heterocycles.